The second-order valence-electron chi connectivity index (χ2n) is 5.69. The van der Waals surface area contributed by atoms with Gasteiger partial charge in [0, 0.05) is 6.54 Å². The number of hydrogen-bond donors (Lipinski definition) is 1. The van der Waals surface area contributed by atoms with Gasteiger partial charge in [0.05, 0.1) is 0 Å². The third kappa shape index (κ3) is 5.03. The number of hydrogen-bond acceptors (Lipinski definition) is 2. The Balaban J connectivity index is 2.78. The Hall–Kier alpha value is -1.35. The van der Waals surface area contributed by atoms with Gasteiger partial charge < -0.3 is 5.11 Å². The van der Waals surface area contributed by atoms with Crippen LogP contribution in [0.1, 0.15) is 38.7 Å². The highest BCUT2D eigenvalue weighted by molar-refractivity contribution is 5.72. The molecule has 0 saturated heterocycles. The molecule has 0 aliphatic heterocycles. The Morgan fingerprint density at radius 2 is 1.79 bits per heavy atom. The van der Waals surface area contributed by atoms with E-state index in [1.54, 1.807) is 6.92 Å². The topological polar surface area (TPSA) is 40.5 Å². The minimum Gasteiger partial charge on any atom is -0.480 e. The standard InChI is InChI=1S/C16H25NO2/c1-12(2)10-15(14-8-6-5-7-9-14)11-17(4)13(3)16(18)19/h5-9,12-13,15H,10-11H2,1-4H3,(H,18,19). The van der Waals surface area contributed by atoms with Gasteiger partial charge in [-0.05, 0) is 37.8 Å². The number of nitrogens with zero attached hydrogens (tertiary/aromatic N) is 1. The van der Waals surface area contributed by atoms with E-state index in [0.717, 1.165) is 13.0 Å². The van der Waals surface area contributed by atoms with Crippen molar-refractivity contribution < 1.29 is 9.90 Å². The predicted octanol–water partition coefficient (Wildman–Crippen LogP) is 3.22. The molecular weight excluding hydrogens is 238 g/mol. The van der Waals surface area contributed by atoms with Gasteiger partial charge in [-0.15, -0.1) is 0 Å². The molecule has 0 aromatic heterocycles. The SMILES string of the molecule is CC(C)CC(CN(C)C(C)C(=O)O)c1ccccc1. The third-order valence-corrected chi connectivity index (χ3v) is 3.55. The molecule has 0 aliphatic rings. The molecule has 19 heavy (non-hydrogen) atoms. The molecule has 0 radical (unpaired) electrons. The maximum atomic E-state index is 11.0. The molecule has 3 heteroatoms. The van der Waals surface area contributed by atoms with Gasteiger partial charge in [-0.3, -0.25) is 9.69 Å². The molecule has 1 rings (SSSR count). The second-order valence-corrected chi connectivity index (χ2v) is 5.69. The average Bonchev–Trinajstić information content (AvgIpc) is 2.37. The van der Waals surface area contributed by atoms with Crippen LogP contribution in [0.3, 0.4) is 0 Å². The van der Waals surface area contributed by atoms with E-state index in [1.807, 2.05) is 30.1 Å². The summed E-state index contributed by atoms with van der Waals surface area (Å²) in [4.78, 5) is 13.0. The Morgan fingerprint density at radius 1 is 1.21 bits per heavy atom. The molecule has 0 heterocycles. The van der Waals surface area contributed by atoms with E-state index in [-0.39, 0.29) is 0 Å². The molecule has 0 spiro atoms. The van der Waals surface area contributed by atoms with Crippen LogP contribution < -0.4 is 0 Å². The summed E-state index contributed by atoms with van der Waals surface area (Å²) in [5.41, 5.74) is 1.29. The van der Waals surface area contributed by atoms with Gasteiger partial charge in [-0.1, -0.05) is 44.2 Å². The van der Waals surface area contributed by atoms with Crippen molar-refractivity contribution in [2.24, 2.45) is 5.92 Å². The minimum absolute atomic E-state index is 0.382. The van der Waals surface area contributed by atoms with Crippen molar-refractivity contribution in [2.75, 3.05) is 13.6 Å². The Labute approximate surface area is 116 Å². The zero-order valence-electron chi connectivity index (χ0n) is 12.3. The van der Waals surface area contributed by atoms with E-state index in [2.05, 4.69) is 26.0 Å². The van der Waals surface area contributed by atoms with Crippen LogP contribution in [-0.4, -0.2) is 35.6 Å². The fourth-order valence-corrected chi connectivity index (χ4v) is 2.30. The Kier molecular flexibility index (Phi) is 6.03. The number of carboxylic acid groups (broad SMARTS) is 1. The zero-order valence-corrected chi connectivity index (χ0v) is 12.3. The summed E-state index contributed by atoms with van der Waals surface area (Å²) in [6.07, 6.45) is 1.07. The first-order valence-electron chi connectivity index (χ1n) is 6.89. The van der Waals surface area contributed by atoms with Gasteiger partial charge in [-0.25, -0.2) is 0 Å². The highest BCUT2D eigenvalue weighted by Gasteiger charge is 2.21. The fraction of sp³-hybridized carbons (Fsp3) is 0.562. The van der Waals surface area contributed by atoms with E-state index in [4.69, 9.17) is 5.11 Å². The Bertz CT molecular complexity index is 389. The summed E-state index contributed by atoms with van der Waals surface area (Å²) in [5.74, 6) is 0.214. The van der Waals surface area contributed by atoms with Crippen LogP contribution in [0, 0.1) is 5.92 Å². The number of rotatable bonds is 7. The first kappa shape index (κ1) is 15.7. The van der Waals surface area contributed by atoms with Gasteiger partial charge in [0.1, 0.15) is 6.04 Å². The van der Waals surface area contributed by atoms with Crippen molar-refractivity contribution in [3.05, 3.63) is 35.9 Å². The second kappa shape index (κ2) is 7.29. The summed E-state index contributed by atoms with van der Waals surface area (Å²) in [6, 6.07) is 9.92. The molecule has 3 nitrogen and oxygen atoms in total. The normalized spacial score (nSPS) is 14.6. The fourth-order valence-electron chi connectivity index (χ4n) is 2.30. The van der Waals surface area contributed by atoms with Crippen LogP contribution in [0.4, 0.5) is 0 Å². The highest BCUT2D eigenvalue weighted by atomic mass is 16.4. The lowest BCUT2D eigenvalue weighted by molar-refractivity contribution is -0.142. The molecule has 0 bridgehead atoms. The van der Waals surface area contributed by atoms with Crippen LogP contribution in [0.5, 0.6) is 0 Å². The molecule has 2 unspecified atom stereocenters. The van der Waals surface area contributed by atoms with Gasteiger partial charge >= 0.3 is 5.97 Å². The van der Waals surface area contributed by atoms with Crippen molar-refractivity contribution in [1.29, 1.82) is 0 Å². The first-order valence-corrected chi connectivity index (χ1v) is 6.89. The molecule has 0 aliphatic carbocycles. The van der Waals surface area contributed by atoms with Crippen molar-refractivity contribution in [3.8, 4) is 0 Å². The van der Waals surface area contributed by atoms with Crippen LogP contribution in [0.15, 0.2) is 30.3 Å². The lowest BCUT2D eigenvalue weighted by Gasteiger charge is -2.28. The van der Waals surface area contributed by atoms with Gasteiger partial charge in [-0.2, -0.15) is 0 Å². The van der Waals surface area contributed by atoms with Crippen LogP contribution in [0.2, 0.25) is 0 Å². The Morgan fingerprint density at radius 3 is 2.26 bits per heavy atom. The van der Waals surface area contributed by atoms with Crippen LogP contribution in [-0.2, 0) is 4.79 Å². The third-order valence-electron chi connectivity index (χ3n) is 3.55. The van der Waals surface area contributed by atoms with E-state index < -0.39 is 12.0 Å². The average molecular weight is 263 g/mol. The molecule has 0 fully saturated rings. The largest absolute Gasteiger partial charge is 0.480 e. The molecule has 1 aromatic rings. The maximum Gasteiger partial charge on any atom is 0.320 e. The number of carboxylic acids is 1. The summed E-state index contributed by atoms with van der Waals surface area (Å²) < 4.78 is 0. The maximum absolute atomic E-state index is 11.0. The van der Waals surface area contributed by atoms with Crippen molar-refractivity contribution in [1.82, 2.24) is 4.90 Å². The monoisotopic (exact) mass is 263 g/mol. The highest BCUT2D eigenvalue weighted by Crippen LogP contribution is 2.25. The van der Waals surface area contributed by atoms with Crippen molar-refractivity contribution >= 4 is 5.97 Å². The summed E-state index contributed by atoms with van der Waals surface area (Å²) in [6.45, 7) is 6.92. The van der Waals surface area contributed by atoms with E-state index in [1.165, 1.54) is 5.56 Å². The number of likely N-dealkylation sites (N-methyl/N-ethyl adjacent to an activating group) is 1. The molecule has 1 N–H and O–H groups in total. The lowest BCUT2D eigenvalue weighted by Crippen LogP contribution is -2.38. The first-order chi connectivity index (χ1) is 8.91. The van der Waals surface area contributed by atoms with Gasteiger partial charge in [0.15, 0.2) is 0 Å². The quantitative estimate of drug-likeness (QED) is 0.821. The van der Waals surface area contributed by atoms with E-state index in [9.17, 15) is 4.79 Å². The van der Waals surface area contributed by atoms with Gasteiger partial charge in [0.25, 0.3) is 0 Å². The van der Waals surface area contributed by atoms with Crippen LogP contribution >= 0.6 is 0 Å². The van der Waals surface area contributed by atoms with E-state index in [0.29, 0.717) is 11.8 Å². The molecular formula is C16H25NO2. The summed E-state index contributed by atoms with van der Waals surface area (Å²) >= 11 is 0. The summed E-state index contributed by atoms with van der Waals surface area (Å²) in [5, 5.41) is 9.08. The molecule has 106 valence electrons. The van der Waals surface area contributed by atoms with E-state index >= 15 is 0 Å². The van der Waals surface area contributed by atoms with Gasteiger partial charge in [0.2, 0.25) is 0 Å². The molecule has 2 atom stereocenters. The lowest BCUT2D eigenvalue weighted by atomic mass is 9.89. The van der Waals surface area contributed by atoms with Crippen molar-refractivity contribution in [2.45, 2.75) is 39.2 Å². The summed E-state index contributed by atoms with van der Waals surface area (Å²) in [7, 11) is 1.88. The molecule has 0 amide bonds. The van der Waals surface area contributed by atoms with Crippen LogP contribution in [0.25, 0.3) is 0 Å². The number of aliphatic carboxylic acids is 1. The molecule has 1 aromatic carbocycles. The number of carbonyl (C=O) groups is 1. The van der Waals surface area contributed by atoms with Crippen molar-refractivity contribution in [3.63, 3.8) is 0 Å². The number of benzene rings is 1. The predicted molar refractivity (Wildman–Crippen MR) is 78.4 cm³/mol. The zero-order chi connectivity index (χ0) is 14.4. The minimum atomic E-state index is -0.765. The molecule has 0 saturated carbocycles. The smallest absolute Gasteiger partial charge is 0.320 e.